The number of fused-ring (bicyclic) bond motifs is 2. The smallest absolute Gasteiger partial charge is 0.255 e. The molecule has 1 amide bonds. The second kappa shape index (κ2) is 10.5. The van der Waals surface area contributed by atoms with Crippen molar-refractivity contribution in [3.05, 3.63) is 95.0 Å². The summed E-state index contributed by atoms with van der Waals surface area (Å²) in [6.07, 6.45) is 1.04. The molecule has 0 saturated carbocycles. The Hall–Kier alpha value is -4.74. The lowest BCUT2D eigenvalue weighted by Crippen LogP contribution is -2.25. The van der Waals surface area contributed by atoms with Crippen LogP contribution < -0.4 is 9.62 Å². The molecule has 1 N–H and O–H groups in total. The van der Waals surface area contributed by atoms with Gasteiger partial charge in [0.05, 0.1) is 28.1 Å². The van der Waals surface area contributed by atoms with Crippen molar-refractivity contribution in [3.63, 3.8) is 0 Å². The molecule has 43 heavy (non-hydrogen) atoms. The molecule has 6 rings (SSSR count). The monoisotopic (exact) mass is 621 g/mol. The van der Waals surface area contributed by atoms with Crippen molar-refractivity contribution in [2.75, 3.05) is 24.7 Å². The van der Waals surface area contributed by atoms with Crippen molar-refractivity contribution in [1.82, 2.24) is 10.3 Å². The minimum absolute atomic E-state index is 0.0172. The summed E-state index contributed by atoms with van der Waals surface area (Å²) < 4.78 is 67.2. The van der Waals surface area contributed by atoms with E-state index < -0.39 is 27.6 Å². The quantitative estimate of drug-likeness (QED) is 0.210. The maximum atomic E-state index is 15.2. The zero-order chi connectivity index (χ0) is 30.6. The van der Waals surface area contributed by atoms with Crippen LogP contribution in [0.25, 0.3) is 56.0 Å². The lowest BCUT2D eigenvalue weighted by atomic mass is 9.97. The van der Waals surface area contributed by atoms with Gasteiger partial charge in [-0.25, -0.2) is 22.2 Å². The van der Waals surface area contributed by atoms with E-state index in [0.29, 0.717) is 38.2 Å². The lowest BCUT2D eigenvalue weighted by molar-refractivity contribution is 0.0964. The number of hydrogen-bond acceptors (Lipinski definition) is 6. The summed E-state index contributed by atoms with van der Waals surface area (Å²) in [6.45, 7) is 0. The summed E-state index contributed by atoms with van der Waals surface area (Å²) in [5, 5.41) is 3.30. The van der Waals surface area contributed by atoms with Gasteiger partial charge in [-0.15, -0.1) is 0 Å². The van der Waals surface area contributed by atoms with Gasteiger partial charge in [0.1, 0.15) is 28.5 Å². The first-order valence-electron chi connectivity index (χ1n) is 12.8. The molecule has 4 aromatic carbocycles. The molecule has 0 fully saturated rings. The average molecular weight is 622 g/mol. The number of anilines is 1. The standard InChI is InChI=1S/C31H22ClF2N3O5S/c1-35-30(38)27-21-14-19(17-9-12-23(34)20(13-17)31-36-28-22(32)5-4-6-25(28)42-31)24(37(2)43(3,39)40)15-26(21)41-29(27)16-7-10-18(33)11-8-16/h4-15H,1-3H3,(H,35,38). The first-order valence-corrected chi connectivity index (χ1v) is 15.1. The summed E-state index contributed by atoms with van der Waals surface area (Å²) in [6, 6.07) is 17.7. The number of furan rings is 1. The van der Waals surface area contributed by atoms with E-state index in [1.807, 2.05) is 0 Å². The molecule has 218 valence electrons. The Morgan fingerprint density at radius 1 is 0.930 bits per heavy atom. The molecule has 0 aliphatic rings. The summed E-state index contributed by atoms with van der Waals surface area (Å²) in [4.78, 5) is 17.5. The van der Waals surface area contributed by atoms with Crippen LogP contribution in [0.5, 0.6) is 0 Å². The minimum Gasteiger partial charge on any atom is -0.455 e. The van der Waals surface area contributed by atoms with Gasteiger partial charge < -0.3 is 14.2 Å². The Morgan fingerprint density at radius 2 is 1.65 bits per heavy atom. The fraction of sp³-hybridized carbons (Fsp3) is 0.0968. The van der Waals surface area contributed by atoms with Crippen LogP contribution in [0.15, 0.2) is 81.6 Å². The van der Waals surface area contributed by atoms with E-state index in [2.05, 4.69) is 10.3 Å². The van der Waals surface area contributed by atoms with Gasteiger partial charge in [0, 0.05) is 36.7 Å². The number of halogens is 3. The fourth-order valence-electron chi connectivity index (χ4n) is 4.84. The number of amides is 1. The van der Waals surface area contributed by atoms with Gasteiger partial charge in [-0.3, -0.25) is 9.10 Å². The number of sulfonamides is 1. The van der Waals surface area contributed by atoms with Crippen LogP contribution in [-0.2, 0) is 10.0 Å². The molecule has 12 heteroatoms. The van der Waals surface area contributed by atoms with Gasteiger partial charge in [0.2, 0.25) is 15.9 Å². The SMILES string of the molecule is CNC(=O)c1c(-c2ccc(F)cc2)oc2cc(N(C)S(C)(=O)=O)c(-c3ccc(F)c(-c4nc5c(Cl)cccc5o4)c3)cc12. The Bertz CT molecular complexity index is 2180. The second-order valence-corrected chi connectivity index (χ2v) is 12.2. The number of benzene rings is 4. The van der Waals surface area contributed by atoms with Gasteiger partial charge in [0.15, 0.2) is 5.58 Å². The van der Waals surface area contributed by atoms with Crippen LogP contribution in [0.2, 0.25) is 5.02 Å². The highest BCUT2D eigenvalue weighted by atomic mass is 35.5. The number of hydrogen-bond donors (Lipinski definition) is 1. The highest BCUT2D eigenvalue weighted by Gasteiger charge is 2.26. The average Bonchev–Trinajstić information content (AvgIpc) is 3.58. The zero-order valence-electron chi connectivity index (χ0n) is 22.9. The Morgan fingerprint density at radius 3 is 2.33 bits per heavy atom. The molecule has 0 atom stereocenters. The van der Waals surface area contributed by atoms with Crippen molar-refractivity contribution < 1.29 is 30.8 Å². The van der Waals surface area contributed by atoms with E-state index in [-0.39, 0.29) is 34.0 Å². The Balaban J connectivity index is 1.63. The maximum Gasteiger partial charge on any atom is 0.255 e. The number of carbonyl (C=O) groups is 1. The maximum absolute atomic E-state index is 15.2. The highest BCUT2D eigenvalue weighted by molar-refractivity contribution is 7.92. The van der Waals surface area contributed by atoms with Crippen LogP contribution in [0.3, 0.4) is 0 Å². The molecule has 0 spiro atoms. The third kappa shape index (κ3) is 5.00. The predicted octanol–water partition coefficient (Wildman–Crippen LogP) is 7.26. The molecule has 0 aliphatic heterocycles. The Kier molecular flexibility index (Phi) is 6.94. The third-order valence-electron chi connectivity index (χ3n) is 7.08. The van der Waals surface area contributed by atoms with Crippen LogP contribution in [-0.4, -0.2) is 39.7 Å². The molecule has 2 aromatic heterocycles. The number of nitrogens with zero attached hydrogens (tertiary/aromatic N) is 2. The minimum atomic E-state index is -3.78. The van der Waals surface area contributed by atoms with Crippen molar-refractivity contribution in [2.24, 2.45) is 0 Å². The molecule has 8 nitrogen and oxygen atoms in total. The zero-order valence-corrected chi connectivity index (χ0v) is 24.5. The summed E-state index contributed by atoms with van der Waals surface area (Å²) in [5.41, 5.74) is 2.53. The van der Waals surface area contributed by atoms with E-state index in [4.69, 9.17) is 20.4 Å². The largest absolute Gasteiger partial charge is 0.455 e. The third-order valence-corrected chi connectivity index (χ3v) is 8.58. The molecule has 0 aliphatic carbocycles. The number of carbonyl (C=O) groups excluding carboxylic acids is 1. The Labute approximate surface area is 249 Å². The lowest BCUT2D eigenvalue weighted by Gasteiger charge is -2.21. The van der Waals surface area contributed by atoms with Gasteiger partial charge in [0.25, 0.3) is 5.91 Å². The van der Waals surface area contributed by atoms with Gasteiger partial charge in [-0.1, -0.05) is 23.7 Å². The number of aromatic nitrogens is 1. The summed E-state index contributed by atoms with van der Waals surface area (Å²) in [5.74, 6) is -1.42. The van der Waals surface area contributed by atoms with Crippen LogP contribution in [0.4, 0.5) is 14.5 Å². The summed E-state index contributed by atoms with van der Waals surface area (Å²) in [7, 11) is -0.946. The number of rotatable bonds is 6. The topological polar surface area (TPSA) is 106 Å². The molecule has 0 unspecified atom stereocenters. The molecule has 0 saturated heterocycles. The first kappa shape index (κ1) is 28.4. The highest BCUT2D eigenvalue weighted by Crippen LogP contribution is 2.42. The molecule has 0 radical (unpaired) electrons. The van der Waals surface area contributed by atoms with Crippen molar-refractivity contribution in [2.45, 2.75) is 0 Å². The van der Waals surface area contributed by atoms with Crippen LogP contribution >= 0.6 is 11.6 Å². The molecular formula is C31H22ClF2N3O5S. The normalized spacial score (nSPS) is 11.8. The second-order valence-electron chi connectivity index (χ2n) is 9.79. The first-order chi connectivity index (χ1) is 20.5. The number of oxazole rings is 1. The molecule has 2 heterocycles. The van der Waals surface area contributed by atoms with Crippen molar-refractivity contribution in [3.8, 4) is 33.9 Å². The van der Waals surface area contributed by atoms with E-state index in [9.17, 15) is 17.6 Å². The molecule has 6 aromatic rings. The van der Waals surface area contributed by atoms with Crippen molar-refractivity contribution in [1.29, 1.82) is 0 Å². The fourth-order valence-corrected chi connectivity index (χ4v) is 5.56. The van der Waals surface area contributed by atoms with Crippen LogP contribution in [0, 0.1) is 11.6 Å². The number of nitrogens with one attached hydrogen (secondary N) is 1. The van der Waals surface area contributed by atoms with Gasteiger partial charge in [-0.05, 0) is 60.2 Å². The van der Waals surface area contributed by atoms with Gasteiger partial charge >= 0.3 is 0 Å². The van der Waals surface area contributed by atoms with E-state index in [0.717, 1.165) is 10.6 Å². The van der Waals surface area contributed by atoms with Gasteiger partial charge in [-0.2, -0.15) is 0 Å². The van der Waals surface area contributed by atoms with Crippen molar-refractivity contribution >= 4 is 55.3 Å². The summed E-state index contributed by atoms with van der Waals surface area (Å²) >= 11 is 6.25. The van der Waals surface area contributed by atoms with E-state index >= 15 is 4.39 Å². The van der Waals surface area contributed by atoms with E-state index in [1.165, 1.54) is 62.6 Å². The molecule has 0 bridgehead atoms. The molecular weight excluding hydrogens is 600 g/mol. The number of para-hydroxylation sites is 1. The predicted molar refractivity (Wildman–Crippen MR) is 162 cm³/mol. The van der Waals surface area contributed by atoms with Crippen LogP contribution in [0.1, 0.15) is 10.4 Å². The van der Waals surface area contributed by atoms with E-state index in [1.54, 1.807) is 24.3 Å².